The zero-order valence-corrected chi connectivity index (χ0v) is 17.3. The molecule has 1 aliphatic heterocycles. The van der Waals surface area contributed by atoms with Gasteiger partial charge < -0.3 is 4.90 Å². The number of carbonyl (C=O) groups is 1. The van der Waals surface area contributed by atoms with Crippen LogP contribution in [0.3, 0.4) is 0 Å². The Morgan fingerprint density at radius 3 is 1.97 bits per heavy atom. The van der Waals surface area contributed by atoms with E-state index < -0.39 is 27.8 Å². The van der Waals surface area contributed by atoms with Crippen LogP contribution in [0.2, 0.25) is 0 Å². The van der Waals surface area contributed by atoms with E-state index in [2.05, 4.69) is 4.90 Å². The first-order chi connectivity index (χ1) is 15.4. The number of nitrogens with zero attached hydrogens (tertiary/aromatic N) is 3. The molecule has 8 nitrogen and oxygen atoms in total. The summed E-state index contributed by atoms with van der Waals surface area (Å²) in [6, 6.07) is 21.2. The SMILES string of the molecule is C[C@H]1C(=O)C[C@@H](c2cccc([N+](=O)[O-])c2)N(c2ccccc2)[C@H]1c1cccc([N+](=O)[O-])c1. The molecule has 1 heterocycles. The quantitative estimate of drug-likeness (QED) is 0.395. The van der Waals surface area contributed by atoms with Crippen molar-refractivity contribution in [2.75, 3.05) is 4.90 Å². The lowest BCUT2D eigenvalue weighted by atomic mass is 9.79. The predicted molar refractivity (Wildman–Crippen MR) is 119 cm³/mol. The third-order valence-electron chi connectivity index (χ3n) is 5.95. The van der Waals surface area contributed by atoms with Gasteiger partial charge in [-0.3, -0.25) is 25.0 Å². The number of para-hydroxylation sites is 1. The lowest BCUT2D eigenvalue weighted by molar-refractivity contribution is -0.385. The molecule has 0 bridgehead atoms. The van der Waals surface area contributed by atoms with Crippen LogP contribution in [-0.2, 0) is 4.79 Å². The molecular weight excluding hydrogens is 410 g/mol. The fourth-order valence-corrected chi connectivity index (χ4v) is 4.42. The van der Waals surface area contributed by atoms with Gasteiger partial charge in [-0.25, -0.2) is 0 Å². The van der Waals surface area contributed by atoms with Gasteiger partial charge in [0.05, 0.1) is 21.9 Å². The fourth-order valence-electron chi connectivity index (χ4n) is 4.42. The smallest absolute Gasteiger partial charge is 0.269 e. The van der Waals surface area contributed by atoms with Crippen molar-refractivity contribution < 1.29 is 14.6 Å². The maximum atomic E-state index is 13.1. The minimum atomic E-state index is -0.470. The molecule has 3 aromatic carbocycles. The summed E-state index contributed by atoms with van der Waals surface area (Å²) in [7, 11) is 0. The Labute approximate surface area is 184 Å². The number of rotatable bonds is 5. The molecule has 0 aliphatic carbocycles. The largest absolute Gasteiger partial charge is 0.356 e. The summed E-state index contributed by atoms with van der Waals surface area (Å²) in [5.74, 6) is -0.419. The number of hydrogen-bond acceptors (Lipinski definition) is 6. The second-order valence-corrected chi connectivity index (χ2v) is 7.87. The van der Waals surface area contributed by atoms with Crippen LogP contribution in [0.15, 0.2) is 78.9 Å². The molecule has 32 heavy (non-hydrogen) atoms. The third kappa shape index (κ3) is 3.94. The van der Waals surface area contributed by atoms with E-state index in [4.69, 9.17) is 0 Å². The summed E-state index contributed by atoms with van der Waals surface area (Å²) in [5, 5.41) is 22.7. The van der Waals surface area contributed by atoms with Crippen LogP contribution in [0.1, 0.15) is 36.6 Å². The minimum absolute atomic E-state index is 0.00481. The molecule has 162 valence electrons. The van der Waals surface area contributed by atoms with Gasteiger partial charge in [0, 0.05) is 42.3 Å². The fraction of sp³-hybridized carbons (Fsp3) is 0.208. The highest BCUT2D eigenvalue weighted by Crippen LogP contribution is 2.46. The Bertz CT molecular complexity index is 1180. The molecule has 0 amide bonds. The molecule has 0 radical (unpaired) electrons. The Balaban J connectivity index is 1.90. The lowest BCUT2D eigenvalue weighted by Crippen LogP contribution is -2.45. The van der Waals surface area contributed by atoms with Crippen LogP contribution in [0, 0.1) is 26.1 Å². The Hall–Kier alpha value is -4.07. The van der Waals surface area contributed by atoms with Crippen LogP contribution in [0.4, 0.5) is 17.1 Å². The Kier molecular flexibility index (Phi) is 5.68. The zero-order valence-electron chi connectivity index (χ0n) is 17.3. The van der Waals surface area contributed by atoms with Crippen molar-refractivity contribution in [3.05, 3.63) is 110 Å². The van der Waals surface area contributed by atoms with E-state index in [0.717, 1.165) is 5.69 Å². The maximum absolute atomic E-state index is 13.1. The summed E-state index contributed by atoms with van der Waals surface area (Å²) in [5.41, 5.74) is 2.04. The Morgan fingerprint density at radius 1 is 0.812 bits per heavy atom. The number of anilines is 1. The van der Waals surface area contributed by atoms with Gasteiger partial charge in [-0.05, 0) is 23.3 Å². The standard InChI is InChI=1S/C24H21N3O5/c1-16-23(28)15-22(17-7-5-11-20(13-17)26(29)30)25(19-9-3-2-4-10-19)24(16)18-8-6-12-21(14-18)27(31)32/h2-14,16,22,24H,15H2,1H3/t16-,22-,24+/m0/s1. The lowest BCUT2D eigenvalue weighted by Gasteiger charge is -2.46. The summed E-state index contributed by atoms with van der Waals surface area (Å²) < 4.78 is 0. The highest BCUT2D eigenvalue weighted by molar-refractivity contribution is 5.85. The van der Waals surface area contributed by atoms with Crippen molar-refractivity contribution in [2.45, 2.75) is 25.4 Å². The number of nitro benzene ring substituents is 2. The molecule has 1 fully saturated rings. The van der Waals surface area contributed by atoms with Crippen molar-refractivity contribution in [3.8, 4) is 0 Å². The van der Waals surface area contributed by atoms with Gasteiger partial charge in [0.15, 0.2) is 0 Å². The second kappa shape index (κ2) is 8.58. The van der Waals surface area contributed by atoms with Crippen molar-refractivity contribution >= 4 is 22.8 Å². The topological polar surface area (TPSA) is 107 Å². The van der Waals surface area contributed by atoms with Gasteiger partial charge in [0.25, 0.3) is 11.4 Å². The van der Waals surface area contributed by atoms with E-state index in [0.29, 0.717) is 11.1 Å². The van der Waals surface area contributed by atoms with Gasteiger partial charge in [-0.1, -0.05) is 49.4 Å². The molecule has 3 aromatic rings. The van der Waals surface area contributed by atoms with Crippen molar-refractivity contribution in [2.24, 2.45) is 5.92 Å². The number of hydrogen-bond donors (Lipinski definition) is 0. The van der Waals surface area contributed by atoms with Crippen LogP contribution < -0.4 is 4.90 Å². The summed E-state index contributed by atoms with van der Waals surface area (Å²) >= 11 is 0. The maximum Gasteiger partial charge on any atom is 0.269 e. The molecule has 0 unspecified atom stereocenters. The van der Waals surface area contributed by atoms with Crippen molar-refractivity contribution in [1.82, 2.24) is 0 Å². The number of ketones is 1. The molecule has 4 rings (SSSR count). The summed E-state index contributed by atoms with van der Waals surface area (Å²) in [4.78, 5) is 37.0. The summed E-state index contributed by atoms with van der Waals surface area (Å²) in [6.45, 7) is 1.82. The number of piperidine rings is 1. The highest BCUT2D eigenvalue weighted by Gasteiger charge is 2.42. The van der Waals surface area contributed by atoms with E-state index in [1.807, 2.05) is 37.3 Å². The first-order valence-electron chi connectivity index (χ1n) is 10.2. The monoisotopic (exact) mass is 431 g/mol. The molecule has 1 saturated heterocycles. The number of nitro groups is 2. The van der Waals surface area contributed by atoms with Gasteiger partial charge in [-0.2, -0.15) is 0 Å². The van der Waals surface area contributed by atoms with Crippen LogP contribution in [-0.4, -0.2) is 15.6 Å². The average Bonchev–Trinajstić information content (AvgIpc) is 2.81. The molecule has 0 N–H and O–H groups in total. The van der Waals surface area contributed by atoms with E-state index in [1.165, 1.54) is 24.3 Å². The Morgan fingerprint density at radius 2 is 1.38 bits per heavy atom. The highest BCUT2D eigenvalue weighted by atomic mass is 16.6. The first kappa shape index (κ1) is 21.2. The molecule has 8 heteroatoms. The third-order valence-corrected chi connectivity index (χ3v) is 5.95. The number of non-ortho nitro benzene ring substituents is 2. The van der Waals surface area contributed by atoms with Crippen LogP contribution in [0.5, 0.6) is 0 Å². The molecule has 1 aliphatic rings. The van der Waals surface area contributed by atoms with Crippen LogP contribution >= 0.6 is 0 Å². The molecule has 0 spiro atoms. The van der Waals surface area contributed by atoms with Crippen molar-refractivity contribution in [1.29, 1.82) is 0 Å². The van der Waals surface area contributed by atoms with E-state index in [9.17, 15) is 25.0 Å². The molecule has 0 saturated carbocycles. The van der Waals surface area contributed by atoms with E-state index >= 15 is 0 Å². The molecule has 0 aromatic heterocycles. The van der Waals surface area contributed by atoms with Gasteiger partial charge in [0.2, 0.25) is 0 Å². The van der Waals surface area contributed by atoms with Gasteiger partial charge in [0.1, 0.15) is 5.78 Å². The number of Topliss-reactive ketones (excluding diaryl/α,β-unsaturated/α-hetero) is 1. The average molecular weight is 431 g/mol. The van der Waals surface area contributed by atoms with E-state index in [-0.39, 0.29) is 23.6 Å². The number of benzene rings is 3. The minimum Gasteiger partial charge on any atom is -0.356 e. The first-order valence-corrected chi connectivity index (χ1v) is 10.2. The summed E-state index contributed by atoms with van der Waals surface area (Å²) in [6.07, 6.45) is 0.183. The van der Waals surface area contributed by atoms with Crippen LogP contribution in [0.25, 0.3) is 0 Å². The normalized spacial score (nSPS) is 20.7. The van der Waals surface area contributed by atoms with Gasteiger partial charge in [-0.15, -0.1) is 0 Å². The van der Waals surface area contributed by atoms with Crippen molar-refractivity contribution in [3.63, 3.8) is 0 Å². The zero-order chi connectivity index (χ0) is 22.8. The molecule has 3 atom stereocenters. The molecular formula is C24H21N3O5. The second-order valence-electron chi connectivity index (χ2n) is 7.87. The van der Waals surface area contributed by atoms with Gasteiger partial charge >= 0.3 is 0 Å². The number of carbonyl (C=O) groups excluding carboxylic acids is 1. The van der Waals surface area contributed by atoms with E-state index in [1.54, 1.807) is 24.3 Å². The predicted octanol–water partition coefficient (Wildman–Crippen LogP) is 5.40.